The summed E-state index contributed by atoms with van der Waals surface area (Å²) in [5, 5.41) is 3.02. The topological polar surface area (TPSA) is 65.2 Å². The number of halogens is 1. The third-order valence-corrected chi connectivity index (χ3v) is 3.69. The number of aromatic amines is 1. The van der Waals surface area contributed by atoms with Crippen molar-refractivity contribution < 1.29 is 9.59 Å². The van der Waals surface area contributed by atoms with Gasteiger partial charge in [0, 0.05) is 37.8 Å². The van der Waals surface area contributed by atoms with Gasteiger partial charge in [-0.2, -0.15) is 0 Å². The molecule has 6 heteroatoms. The van der Waals surface area contributed by atoms with Gasteiger partial charge in [0.2, 0.25) is 0 Å². The van der Waals surface area contributed by atoms with Crippen molar-refractivity contribution in [1.82, 2.24) is 15.2 Å². The van der Waals surface area contributed by atoms with Crippen molar-refractivity contribution in [2.24, 2.45) is 0 Å². The fraction of sp³-hybridized carbons (Fsp3) is 0.571. The number of carbonyl (C=O) groups is 2. The molecule has 0 bridgehead atoms. The zero-order valence-corrected chi connectivity index (χ0v) is 13.0. The van der Waals surface area contributed by atoms with Crippen LogP contribution in [0.25, 0.3) is 0 Å². The van der Waals surface area contributed by atoms with E-state index in [1.807, 2.05) is 14.0 Å². The van der Waals surface area contributed by atoms with E-state index in [-0.39, 0.29) is 24.1 Å². The summed E-state index contributed by atoms with van der Waals surface area (Å²) in [6.07, 6.45) is 2.32. The van der Waals surface area contributed by atoms with Crippen molar-refractivity contribution in [3.63, 3.8) is 0 Å². The molecular weight excluding hydrogens is 278 g/mol. The van der Waals surface area contributed by atoms with Gasteiger partial charge in [0.05, 0.1) is 0 Å². The highest BCUT2D eigenvalue weighted by Crippen LogP contribution is 2.26. The summed E-state index contributed by atoms with van der Waals surface area (Å²) in [7, 11) is 3.64. The van der Waals surface area contributed by atoms with Gasteiger partial charge >= 0.3 is 0 Å². The molecule has 1 aromatic rings. The van der Waals surface area contributed by atoms with Crippen LogP contribution in [0.4, 0.5) is 0 Å². The second-order valence-corrected chi connectivity index (χ2v) is 5.09. The van der Waals surface area contributed by atoms with Crippen LogP contribution in [0, 0.1) is 6.92 Å². The Morgan fingerprint density at radius 1 is 1.40 bits per heavy atom. The Bertz CT molecular complexity index is 511. The van der Waals surface area contributed by atoms with E-state index in [4.69, 9.17) is 0 Å². The summed E-state index contributed by atoms with van der Waals surface area (Å²) >= 11 is 0. The van der Waals surface area contributed by atoms with Gasteiger partial charge in [-0.15, -0.1) is 12.4 Å². The molecule has 0 saturated carbocycles. The molecule has 5 nitrogen and oxygen atoms in total. The van der Waals surface area contributed by atoms with Gasteiger partial charge in [0.1, 0.15) is 5.69 Å². The normalized spacial score (nSPS) is 13.7. The van der Waals surface area contributed by atoms with Crippen molar-refractivity contribution in [2.75, 3.05) is 27.2 Å². The Kier molecular flexibility index (Phi) is 5.77. The number of rotatable bonds is 4. The number of nitrogens with zero attached hydrogens (tertiary/aromatic N) is 1. The molecule has 0 saturated heterocycles. The van der Waals surface area contributed by atoms with Crippen molar-refractivity contribution >= 4 is 24.1 Å². The van der Waals surface area contributed by atoms with E-state index < -0.39 is 0 Å². The number of ketones is 1. The van der Waals surface area contributed by atoms with Crippen molar-refractivity contribution in [1.29, 1.82) is 0 Å². The SMILES string of the molecule is CNCCN(C)C(=O)c1[nH]c2c(c1C)C(=O)CCC2.Cl. The number of aromatic nitrogens is 1. The minimum Gasteiger partial charge on any atom is -0.354 e. The van der Waals surface area contributed by atoms with Crippen molar-refractivity contribution in [2.45, 2.75) is 26.2 Å². The molecule has 0 aliphatic heterocycles. The molecule has 0 fully saturated rings. The molecule has 0 unspecified atom stereocenters. The highest BCUT2D eigenvalue weighted by Gasteiger charge is 2.27. The van der Waals surface area contributed by atoms with Crippen LogP contribution in [0.5, 0.6) is 0 Å². The van der Waals surface area contributed by atoms with Gasteiger partial charge in [-0.3, -0.25) is 9.59 Å². The Hall–Kier alpha value is -1.33. The number of Topliss-reactive ketones (excluding diaryl/α,β-unsaturated/α-hetero) is 1. The molecule has 1 heterocycles. The fourth-order valence-electron chi connectivity index (χ4n) is 2.56. The van der Waals surface area contributed by atoms with Crippen LogP contribution in [0.15, 0.2) is 0 Å². The van der Waals surface area contributed by atoms with Crippen molar-refractivity contribution in [3.8, 4) is 0 Å². The lowest BCUT2D eigenvalue weighted by molar-refractivity contribution is 0.0791. The number of hydrogen-bond donors (Lipinski definition) is 2. The third-order valence-electron chi connectivity index (χ3n) is 3.69. The van der Waals surface area contributed by atoms with Gasteiger partial charge in [-0.25, -0.2) is 0 Å². The van der Waals surface area contributed by atoms with Crippen LogP contribution < -0.4 is 5.32 Å². The fourth-order valence-corrected chi connectivity index (χ4v) is 2.56. The molecular formula is C14H22ClN3O2. The summed E-state index contributed by atoms with van der Waals surface area (Å²) in [4.78, 5) is 29.1. The number of carbonyl (C=O) groups excluding carboxylic acids is 2. The number of aryl methyl sites for hydroxylation is 1. The molecule has 2 N–H and O–H groups in total. The van der Waals surface area contributed by atoms with Crippen LogP contribution in [0.2, 0.25) is 0 Å². The third kappa shape index (κ3) is 3.04. The Morgan fingerprint density at radius 2 is 2.10 bits per heavy atom. The Balaban J connectivity index is 0.00000200. The smallest absolute Gasteiger partial charge is 0.270 e. The molecule has 1 aliphatic rings. The number of fused-ring (bicyclic) bond motifs is 1. The molecule has 0 spiro atoms. The van der Waals surface area contributed by atoms with Gasteiger partial charge in [-0.1, -0.05) is 0 Å². The lowest BCUT2D eigenvalue weighted by Crippen LogP contribution is -2.33. The Morgan fingerprint density at radius 3 is 2.70 bits per heavy atom. The number of hydrogen-bond acceptors (Lipinski definition) is 3. The first kappa shape index (κ1) is 16.7. The molecule has 0 atom stereocenters. The lowest BCUT2D eigenvalue weighted by Gasteiger charge is -2.16. The summed E-state index contributed by atoms with van der Waals surface area (Å²) in [6, 6.07) is 0. The van der Waals surface area contributed by atoms with Gasteiger partial charge in [0.25, 0.3) is 5.91 Å². The van der Waals surface area contributed by atoms with E-state index in [9.17, 15) is 9.59 Å². The van der Waals surface area contributed by atoms with Crippen LogP contribution in [-0.4, -0.2) is 48.8 Å². The maximum absolute atomic E-state index is 12.4. The second-order valence-electron chi connectivity index (χ2n) is 5.09. The second kappa shape index (κ2) is 6.90. The van der Waals surface area contributed by atoms with E-state index in [1.165, 1.54) is 0 Å². The van der Waals surface area contributed by atoms with Crippen LogP contribution >= 0.6 is 12.4 Å². The lowest BCUT2D eigenvalue weighted by atomic mass is 9.94. The maximum atomic E-state index is 12.4. The van der Waals surface area contributed by atoms with Gasteiger partial charge in [-0.05, 0) is 32.4 Å². The highest BCUT2D eigenvalue weighted by atomic mass is 35.5. The largest absolute Gasteiger partial charge is 0.354 e. The first-order valence-electron chi connectivity index (χ1n) is 6.71. The van der Waals surface area contributed by atoms with E-state index in [0.29, 0.717) is 18.7 Å². The van der Waals surface area contributed by atoms with Crippen LogP contribution in [0.3, 0.4) is 0 Å². The highest BCUT2D eigenvalue weighted by molar-refractivity contribution is 6.04. The number of likely N-dealkylation sites (N-methyl/N-ethyl adjacent to an activating group) is 2. The summed E-state index contributed by atoms with van der Waals surface area (Å²) in [5.74, 6) is 0.113. The number of nitrogens with one attached hydrogen (secondary N) is 2. The summed E-state index contributed by atoms with van der Waals surface area (Å²) < 4.78 is 0. The molecule has 112 valence electrons. The molecule has 1 aliphatic carbocycles. The Labute approximate surface area is 125 Å². The molecule has 1 aromatic heterocycles. The molecule has 1 amide bonds. The van der Waals surface area contributed by atoms with Gasteiger partial charge < -0.3 is 15.2 Å². The zero-order chi connectivity index (χ0) is 14.0. The molecule has 20 heavy (non-hydrogen) atoms. The molecule has 0 aromatic carbocycles. The predicted molar refractivity (Wildman–Crippen MR) is 80.9 cm³/mol. The van der Waals surface area contributed by atoms with Gasteiger partial charge in [0.15, 0.2) is 5.78 Å². The molecule has 0 radical (unpaired) electrons. The molecule has 2 rings (SSSR count). The average molecular weight is 300 g/mol. The van der Waals surface area contributed by atoms with E-state index in [1.54, 1.807) is 11.9 Å². The first-order valence-corrected chi connectivity index (χ1v) is 6.71. The summed E-state index contributed by atoms with van der Waals surface area (Å²) in [6.45, 7) is 3.25. The number of amides is 1. The number of H-pyrrole nitrogens is 1. The first-order chi connectivity index (χ1) is 9.06. The summed E-state index contributed by atoms with van der Waals surface area (Å²) in [5.41, 5.74) is 3.05. The monoisotopic (exact) mass is 299 g/mol. The minimum absolute atomic E-state index is 0. The average Bonchev–Trinajstić information content (AvgIpc) is 2.73. The van der Waals surface area contributed by atoms with E-state index >= 15 is 0 Å². The standard InChI is InChI=1S/C14H21N3O2.ClH/c1-9-12-10(5-4-6-11(12)18)16-13(9)14(19)17(3)8-7-15-2;/h15-16H,4-8H2,1-3H3;1H. The van der Waals surface area contributed by atoms with E-state index in [0.717, 1.165) is 36.2 Å². The van der Waals surface area contributed by atoms with Crippen LogP contribution in [0.1, 0.15) is 44.9 Å². The zero-order valence-electron chi connectivity index (χ0n) is 12.2. The minimum atomic E-state index is -0.0463. The maximum Gasteiger partial charge on any atom is 0.270 e. The van der Waals surface area contributed by atoms with E-state index in [2.05, 4.69) is 10.3 Å². The predicted octanol–water partition coefficient (Wildman–Crippen LogP) is 1.56. The quantitative estimate of drug-likeness (QED) is 0.887. The van der Waals surface area contributed by atoms with Crippen molar-refractivity contribution in [3.05, 3.63) is 22.5 Å². The van der Waals surface area contributed by atoms with Crippen LogP contribution in [-0.2, 0) is 6.42 Å².